The van der Waals surface area contributed by atoms with E-state index in [2.05, 4.69) is 0 Å². The molecule has 0 spiro atoms. The molecular weight excluding hydrogens is 490 g/mol. The van der Waals surface area contributed by atoms with Gasteiger partial charge in [0.05, 0.1) is 30.1 Å². The molecule has 4 saturated carbocycles. The number of fused-ring (bicyclic) bond motifs is 3. The van der Waals surface area contributed by atoms with Crippen LogP contribution < -0.4 is 0 Å². The zero-order valence-electron chi connectivity index (χ0n) is 17.3. The Morgan fingerprint density at radius 1 is 1.03 bits per heavy atom. The molecule has 14 heteroatoms. The van der Waals surface area contributed by atoms with Crippen molar-refractivity contribution in [2.45, 2.75) is 61.2 Å². The molecule has 0 aromatic heterocycles. The number of hydrogen-bond acceptors (Lipinski definition) is 9. The van der Waals surface area contributed by atoms with Crippen molar-refractivity contribution in [1.29, 1.82) is 0 Å². The number of rotatable bonds is 7. The first-order chi connectivity index (χ1) is 15.3. The van der Waals surface area contributed by atoms with Crippen LogP contribution >= 0.6 is 0 Å². The highest BCUT2D eigenvalue weighted by molar-refractivity contribution is 7.87. The monoisotopic (exact) mass is 514 g/mol. The average Bonchev–Trinajstić information content (AvgIpc) is 3.48. The molecule has 0 amide bonds. The molecule has 0 radical (unpaired) electrons. The van der Waals surface area contributed by atoms with Crippen LogP contribution in [0, 0.1) is 35.5 Å². The predicted octanol–water partition coefficient (Wildman–Crippen LogP) is 1.11. The van der Waals surface area contributed by atoms with Crippen LogP contribution in [0.4, 0.5) is 8.78 Å². The zero-order chi connectivity index (χ0) is 23.9. The number of ether oxygens (including phenoxy) is 2. The van der Waals surface area contributed by atoms with Gasteiger partial charge in [-0.05, 0) is 43.9 Å². The predicted molar refractivity (Wildman–Crippen MR) is 104 cm³/mol. The fourth-order valence-corrected chi connectivity index (χ4v) is 8.95. The molecule has 5 fully saturated rings. The first-order valence-electron chi connectivity index (χ1n) is 10.9. The van der Waals surface area contributed by atoms with Crippen LogP contribution in [0.5, 0.6) is 0 Å². The normalized spacial score (nSPS) is 42.6. The number of halogens is 2. The Labute approximate surface area is 189 Å². The van der Waals surface area contributed by atoms with Gasteiger partial charge in [-0.25, -0.2) is 0 Å². The first kappa shape index (κ1) is 23.4. The highest BCUT2D eigenvalue weighted by Gasteiger charge is 2.66. The molecule has 4 aliphatic carbocycles. The lowest BCUT2D eigenvalue weighted by Gasteiger charge is -2.31. The van der Waals surface area contributed by atoms with E-state index in [9.17, 15) is 35.2 Å². The summed E-state index contributed by atoms with van der Waals surface area (Å²) in [7, 11) is -9.31. The van der Waals surface area contributed by atoms with Crippen molar-refractivity contribution in [1.82, 2.24) is 0 Å². The van der Waals surface area contributed by atoms with Crippen molar-refractivity contribution in [3.63, 3.8) is 0 Å². The smallest absolute Gasteiger partial charge is 0.373 e. The Morgan fingerprint density at radius 2 is 1.67 bits per heavy atom. The summed E-state index contributed by atoms with van der Waals surface area (Å²) in [5.41, 5.74) is 0. The molecule has 4 bridgehead atoms. The van der Waals surface area contributed by atoms with E-state index in [1.54, 1.807) is 0 Å². The molecule has 10 nitrogen and oxygen atoms in total. The fourth-order valence-electron chi connectivity index (χ4n) is 6.72. The summed E-state index contributed by atoms with van der Waals surface area (Å²) in [5, 5.41) is -5.02. The maximum Gasteiger partial charge on any atom is 0.373 e. The second-order valence-electron chi connectivity index (χ2n) is 9.80. The lowest BCUT2D eigenvalue weighted by molar-refractivity contribution is -0.171. The molecule has 5 rings (SSSR count). The fraction of sp³-hybridized carbons (Fsp3) is 0.895. The molecule has 9 unspecified atom stereocenters. The Balaban J connectivity index is 1.24. The van der Waals surface area contributed by atoms with Gasteiger partial charge in [0, 0.05) is 11.8 Å². The minimum absolute atomic E-state index is 0.127. The van der Waals surface area contributed by atoms with Crippen LogP contribution in [0.25, 0.3) is 0 Å². The largest absolute Gasteiger partial charge is 0.465 e. The summed E-state index contributed by atoms with van der Waals surface area (Å²) in [6.07, 6.45) is 0.0652. The van der Waals surface area contributed by atoms with Crippen molar-refractivity contribution >= 4 is 32.2 Å². The Kier molecular flexibility index (Phi) is 5.35. The third kappa shape index (κ3) is 3.67. The summed E-state index contributed by atoms with van der Waals surface area (Å²) in [6, 6.07) is 0. The number of carbonyl (C=O) groups is 2. The van der Waals surface area contributed by atoms with E-state index in [4.69, 9.17) is 18.2 Å². The van der Waals surface area contributed by atoms with Gasteiger partial charge in [0.1, 0.15) is 12.2 Å². The van der Waals surface area contributed by atoms with Crippen LogP contribution in [0.3, 0.4) is 0 Å². The lowest BCUT2D eigenvalue weighted by atomic mass is 9.79. The third-order valence-corrected chi connectivity index (χ3v) is 10.9. The molecule has 1 N–H and O–H groups in total. The van der Waals surface area contributed by atoms with E-state index >= 15 is 0 Å². The van der Waals surface area contributed by atoms with Crippen LogP contribution in [0.15, 0.2) is 0 Å². The molecule has 0 aromatic carbocycles. The van der Waals surface area contributed by atoms with Crippen LogP contribution in [-0.2, 0) is 43.5 Å². The number of hydrogen-bond donors (Lipinski definition) is 1. The second kappa shape index (κ2) is 7.56. The first-order valence-corrected chi connectivity index (χ1v) is 13.9. The van der Waals surface area contributed by atoms with Gasteiger partial charge >= 0.3 is 27.3 Å². The minimum Gasteiger partial charge on any atom is -0.465 e. The van der Waals surface area contributed by atoms with E-state index in [0.717, 1.165) is 0 Å². The highest BCUT2D eigenvalue weighted by atomic mass is 32.2. The standard InChI is InChI=1S/C19H24F2O10S2/c20-19(21,33(26,27)28)3-4-29-17(22)13-8-1-2-9(5-8)14(13)18(23)30-15-10-6-11-12(7-10)32(24,25)31-16(11)15/h8-16H,1-7H2,(H,26,27,28). The van der Waals surface area contributed by atoms with E-state index < -0.39 is 79.8 Å². The molecule has 1 heterocycles. The van der Waals surface area contributed by atoms with Gasteiger partial charge in [-0.2, -0.15) is 25.6 Å². The maximum absolute atomic E-state index is 13.4. The molecule has 5 aliphatic rings. The summed E-state index contributed by atoms with van der Waals surface area (Å²) in [4.78, 5) is 25.8. The Hall–Kier alpha value is -1.38. The Bertz CT molecular complexity index is 1070. The van der Waals surface area contributed by atoms with Crippen molar-refractivity contribution in [3.05, 3.63) is 0 Å². The van der Waals surface area contributed by atoms with Crippen LogP contribution in [0.2, 0.25) is 0 Å². The van der Waals surface area contributed by atoms with Gasteiger partial charge in [-0.3, -0.25) is 18.3 Å². The van der Waals surface area contributed by atoms with E-state index in [1.807, 2.05) is 0 Å². The topological polar surface area (TPSA) is 150 Å². The SMILES string of the molecule is O=C(OCCC(F)(F)S(=O)(=O)O)C1C2CCC(C2)C1C(=O)OC1C2CC3C1OS(=O)(=O)C3C2. The average molecular weight is 515 g/mol. The molecule has 9 atom stereocenters. The number of esters is 2. The number of alkyl halides is 2. The quantitative estimate of drug-likeness (QED) is 0.297. The van der Waals surface area contributed by atoms with Gasteiger partial charge < -0.3 is 9.47 Å². The maximum atomic E-state index is 13.4. The van der Waals surface area contributed by atoms with Gasteiger partial charge in [0.15, 0.2) is 0 Å². The third-order valence-electron chi connectivity index (χ3n) is 8.14. The highest BCUT2D eigenvalue weighted by Crippen LogP contribution is 2.57. The molecule has 1 aliphatic heterocycles. The summed E-state index contributed by atoms with van der Waals surface area (Å²) >= 11 is 0. The summed E-state index contributed by atoms with van der Waals surface area (Å²) in [6.45, 7) is -0.942. The van der Waals surface area contributed by atoms with Gasteiger partial charge in [0.2, 0.25) is 0 Å². The van der Waals surface area contributed by atoms with Crippen LogP contribution in [0.1, 0.15) is 38.5 Å². The Morgan fingerprint density at radius 3 is 2.30 bits per heavy atom. The van der Waals surface area contributed by atoms with Gasteiger partial charge in [0.25, 0.3) is 10.1 Å². The molecule has 1 saturated heterocycles. The van der Waals surface area contributed by atoms with Crippen molar-refractivity contribution in [3.8, 4) is 0 Å². The zero-order valence-corrected chi connectivity index (χ0v) is 19.0. The van der Waals surface area contributed by atoms with E-state index in [1.165, 1.54) is 0 Å². The van der Waals surface area contributed by atoms with Gasteiger partial charge in [-0.15, -0.1) is 0 Å². The molecule has 33 heavy (non-hydrogen) atoms. The molecular formula is C19H24F2O10S2. The second-order valence-corrected chi connectivity index (χ2v) is 13.1. The number of carbonyl (C=O) groups excluding carboxylic acids is 2. The van der Waals surface area contributed by atoms with Crippen LogP contribution in [-0.4, -0.2) is 62.6 Å². The van der Waals surface area contributed by atoms with Crippen molar-refractivity contribution < 1.29 is 53.4 Å². The van der Waals surface area contributed by atoms with E-state index in [-0.39, 0.29) is 23.7 Å². The van der Waals surface area contributed by atoms with Gasteiger partial charge in [-0.1, -0.05) is 0 Å². The van der Waals surface area contributed by atoms with Crippen molar-refractivity contribution in [2.24, 2.45) is 35.5 Å². The molecule has 0 aromatic rings. The summed E-state index contributed by atoms with van der Waals surface area (Å²) < 4.78 is 96.8. The van der Waals surface area contributed by atoms with E-state index in [0.29, 0.717) is 32.1 Å². The molecule has 186 valence electrons. The lowest BCUT2D eigenvalue weighted by Crippen LogP contribution is -2.42. The summed E-state index contributed by atoms with van der Waals surface area (Å²) in [5.74, 6) is -3.94. The minimum atomic E-state index is -5.64. The van der Waals surface area contributed by atoms with Crippen molar-refractivity contribution in [2.75, 3.05) is 6.61 Å².